The summed E-state index contributed by atoms with van der Waals surface area (Å²) in [7, 11) is 0. The Morgan fingerprint density at radius 2 is 1.81 bits per heavy atom. The summed E-state index contributed by atoms with van der Waals surface area (Å²) in [5, 5.41) is 3.42. The first kappa shape index (κ1) is 11.5. The van der Waals surface area contributed by atoms with Gasteiger partial charge in [-0.2, -0.15) is 0 Å². The molecule has 1 aliphatic carbocycles. The van der Waals surface area contributed by atoms with Crippen molar-refractivity contribution >= 4 is 0 Å². The largest absolute Gasteiger partial charge is 0.307 e. The van der Waals surface area contributed by atoms with E-state index in [1.165, 1.54) is 31.4 Å². The molecule has 1 aliphatic rings. The molecule has 0 aromatic heterocycles. The van der Waals surface area contributed by atoms with E-state index >= 15 is 0 Å². The van der Waals surface area contributed by atoms with Crippen molar-refractivity contribution in [1.82, 2.24) is 5.32 Å². The first-order chi connectivity index (χ1) is 7.63. The Hall–Kier alpha value is -0.960. The van der Waals surface area contributed by atoms with Crippen LogP contribution in [0.2, 0.25) is 0 Å². The third-order valence-electron chi connectivity index (χ3n) is 3.58. The molecule has 1 N–H and O–H groups in total. The van der Waals surface area contributed by atoms with Gasteiger partial charge in [-0.3, -0.25) is 0 Å². The van der Waals surface area contributed by atoms with E-state index in [-0.39, 0.29) is 5.54 Å². The van der Waals surface area contributed by atoms with E-state index < -0.39 is 11.6 Å². The summed E-state index contributed by atoms with van der Waals surface area (Å²) >= 11 is 0. The molecule has 0 amide bonds. The molecule has 16 heavy (non-hydrogen) atoms. The third-order valence-corrected chi connectivity index (χ3v) is 3.58. The van der Waals surface area contributed by atoms with Crippen LogP contribution in [0.3, 0.4) is 0 Å². The van der Waals surface area contributed by atoms with Gasteiger partial charge in [-0.25, -0.2) is 8.78 Å². The molecule has 0 heterocycles. The second kappa shape index (κ2) is 4.50. The number of halogens is 2. The van der Waals surface area contributed by atoms with Crippen molar-refractivity contribution in [2.45, 2.75) is 44.7 Å². The Kier molecular flexibility index (Phi) is 3.24. The molecule has 0 atom stereocenters. The lowest BCUT2D eigenvalue weighted by Gasteiger charge is -2.42. The van der Waals surface area contributed by atoms with Crippen LogP contribution < -0.4 is 5.32 Å². The van der Waals surface area contributed by atoms with Gasteiger partial charge in [-0.1, -0.05) is 6.92 Å². The van der Waals surface area contributed by atoms with Crippen molar-refractivity contribution < 1.29 is 8.78 Å². The predicted octanol–water partition coefficient (Wildman–Crippen LogP) is 3.39. The summed E-state index contributed by atoms with van der Waals surface area (Å²) in [5.41, 5.74) is 0.889. The molecule has 1 aromatic carbocycles. The summed E-state index contributed by atoms with van der Waals surface area (Å²) in [6.07, 6.45) is 4.66. The lowest BCUT2D eigenvalue weighted by molar-refractivity contribution is 0.175. The molecular weight excluding hydrogens is 208 g/mol. The van der Waals surface area contributed by atoms with Gasteiger partial charge in [0.15, 0.2) is 0 Å². The van der Waals surface area contributed by atoms with Crippen LogP contribution in [0.25, 0.3) is 0 Å². The van der Waals surface area contributed by atoms with Crippen molar-refractivity contribution in [3.05, 3.63) is 35.4 Å². The standard InChI is InChI=1S/C13H17F2N/c1-2-13(4-3-5-13)16-9-10-6-11(14)8-12(15)7-10/h6-8,16H,2-5,9H2,1H3. The second-order valence-corrected chi connectivity index (χ2v) is 4.62. The first-order valence-electron chi connectivity index (χ1n) is 5.83. The molecule has 3 heteroatoms. The van der Waals surface area contributed by atoms with Crippen molar-refractivity contribution in [2.75, 3.05) is 0 Å². The lowest BCUT2D eigenvalue weighted by atomic mass is 9.75. The minimum atomic E-state index is -0.504. The fourth-order valence-electron chi connectivity index (χ4n) is 2.26. The van der Waals surface area contributed by atoms with Crippen LogP contribution in [-0.2, 0) is 6.54 Å². The average Bonchev–Trinajstić information content (AvgIpc) is 2.15. The predicted molar refractivity (Wildman–Crippen MR) is 60.1 cm³/mol. The monoisotopic (exact) mass is 225 g/mol. The average molecular weight is 225 g/mol. The van der Waals surface area contributed by atoms with Crippen LogP contribution in [0, 0.1) is 11.6 Å². The minimum absolute atomic E-state index is 0.211. The summed E-state index contributed by atoms with van der Waals surface area (Å²) in [5.74, 6) is -1.01. The molecular formula is C13H17F2N. The molecule has 0 spiro atoms. The number of hydrogen-bond donors (Lipinski definition) is 1. The van der Waals surface area contributed by atoms with Crippen LogP contribution in [-0.4, -0.2) is 5.54 Å². The molecule has 0 aliphatic heterocycles. The molecule has 2 rings (SSSR count). The normalized spacial score (nSPS) is 18.2. The van der Waals surface area contributed by atoms with Gasteiger partial charge < -0.3 is 5.32 Å². The molecule has 0 unspecified atom stereocenters. The minimum Gasteiger partial charge on any atom is -0.307 e. The van der Waals surface area contributed by atoms with Gasteiger partial charge in [0, 0.05) is 18.2 Å². The number of benzene rings is 1. The molecule has 1 aromatic rings. The number of hydrogen-bond acceptors (Lipinski definition) is 1. The zero-order chi connectivity index (χ0) is 11.6. The highest BCUT2D eigenvalue weighted by atomic mass is 19.1. The van der Waals surface area contributed by atoms with E-state index in [2.05, 4.69) is 12.2 Å². The highest BCUT2D eigenvalue weighted by Crippen LogP contribution is 2.34. The zero-order valence-corrected chi connectivity index (χ0v) is 9.52. The van der Waals surface area contributed by atoms with Gasteiger partial charge >= 0.3 is 0 Å². The van der Waals surface area contributed by atoms with E-state index in [4.69, 9.17) is 0 Å². The van der Waals surface area contributed by atoms with Gasteiger partial charge in [0.05, 0.1) is 0 Å². The third kappa shape index (κ3) is 2.40. The summed E-state index contributed by atoms with van der Waals surface area (Å²) < 4.78 is 25.9. The fourth-order valence-corrected chi connectivity index (χ4v) is 2.26. The van der Waals surface area contributed by atoms with Gasteiger partial charge in [0.1, 0.15) is 11.6 Å². The van der Waals surface area contributed by atoms with Crippen molar-refractivity contribution in [3.8, 4) is 0 Å². The molecule has 0 saturated heterocycles. The Labute approximate surface area is 94.9 Å². The second-order valence-electron chi connectivity index (χ2n) is 4.62. The quantitative estimate of drug-likeness (QED) is 0.828. The zero-order valence-electron chi connectivity index (χ0n) is 9.52. The van der Waals surface area contributed by atoms with E-state index in [9.17, 15) is 8.78 Å². The maximum atomic E-state index is 13.0. The van der Waals surface area contributed by atoms with Crippen LogP contribution >= 0.6 is 0 Å². The van der Waals surface area contributed by atoms with E-state index in [0.29, 0.717) is 12.1 Å². The van der Waals surface area contributed by atoms with E-state index in [1.807, 2.05) is 0 Å². The molecule has 88 valence electrons. The van der Waals surface area contributed by atoms with E-state index in [0.717, 1.165) is 12.5 Å². The summed E-state index contributed by atoms with van der Waals surface area (Å²) in [6.45, 7) is 2.70. The van der Waals surface area contributed by atoms with Crippen LogP contribution in [0.5, 0.6) is 0 Å². The SMILES string of the molecule is CCC1(NCc2cc(F)cc(F)c2)CCC1. The summed E-state index contributed by atoms with van der Waals surface area (Å²) in [4.78, 5) is 0. The summed E-state index contributed by atoms with van der Waals surface area (Å²) in [6, 6.07) is 3.68. The van der Waals surface area contributed by atoms with Gasteiger partial charge in [-0.05, 0) is 43.4 Å². The van der Waals surface area contributed by atoms with E-state index in [1.54, 1.807) is 0 Å². The Morgan fingerprint density at radius 3 is 2.25 bits per heavy atom. The topological polar surface area (TPSA) is 12.0 Å². The van der Waals surface area contributed by atoms with Crippen molar-refractivity contribution in [1.29, 1.82) is 0 Å². The number of nitrogens with one attached hydrogen (secondary N) is 1. The maximum Gasteiger partial charge on any atom is 0.126 e. The molecule has 0 bridgehead atoms. The lowest BCUT2D eigenvalue weighted by Crippen LogP contribution is -2.49. The van der Waals surface area contributed by atoms with Gasteiger partial charge in [-0.15, -0.1) is 0 Å². The van der Waals surface area contributed by atoms with Gasteiger partial charge in [0.25, 0.3) is 0 Å². The van der Waals surface area contributed by atoms with Crippen molar-refractivity contribution in [3.63, 3.8) is 0 Å². The Morgan fingerprint density at radius 1 is 1.19 bits per heavy atom. The van der Waals surface area contributed by atoms with Gasteiger partial charge in [0.2, 0.25) is 0 Å². The van der Waals surface area contributed by atoms with Crippen LogP contribution in [0.15, 0.2) is 18.2 Å². The van der Waals surface area contributed by atoms with Crippen LogP contribution in [0.4, 0.5) is 8.78 Å². The van der Waals surface area contributed by atoms with Crippen molar-refractivity contribution in [2.24, 2.45) is 0 Å². The maximum absolute atomic E-state index is 13.0. The smallest absolute Gasteiger partial charge is 0.126 e. The highest BCUT2D eigenvalue weighted by molar-refractivity contribution is 5.18. The number of rotatable bonds is 4. The molecule has 1 saturated carbocycles. The molecule has 1 nitrogen and oxygen atoms in total. The molecule has 0 radical (unpaired) electrons. The first-order valence-corrected chi connectivity index (χ1v) is 5.83. The van der Waals surface area contributed by atoms with Crippen LogP contribution in [0.1, 0.15) is 38.2 Å². The fraction of sp³-hybridized carbons (Fsp3) is 0.538. The Balaban J connectivity index is 1.98. The highest BCUT2D eigenvalue weighted by Gasteiger charge is 2.34. The molecule has 1 fully saturated rings. The Bertz CT molecular complexity index is 346.